The van der Waals surface area contributed by atoms with E-state index in [1.165, 1.54) is 4.57 Å². The zero-order valence-corrected chi connectivity index (χ0v) is 9.56. The van der Waals surface area contributed by atoms with E-state index in [0.29, 0.717) is 38.0 Å². The Kier molecular flexibility index (Phi) is 3.42. The highest BCUT2D eigenvalue weighted by atomic mass is 19.4. The maximum atomic E-state index is 12.8. The topological polar surface area (TPSA) is 43.8 Å². The molecule has 1 aromatic rings. The highest BCUT2D eigenvalue weighted by Gasteiger charge is 2.38. The van der Waals surface area contributed by atoms with Crippen LogP contribution in [0.15, 0.2) is 0 Å². The first-order chi connectivity index (χ1) is 8.04. The van der Waals surface area contributed by atoms with Gasteiger partial charge in [-0.25, -0.2) is 4.98 Å². The van der Waals surface area contributed by atoms with Gasteiger partial charge in [-0.05, 0) is 38.6 Å². The summed E-state index contributed by atoms with van der Waals surface area (Å²) in [4.78, 5) is 3.77. The molecule has 0 saturated carbocycles. The first-order valence-corrected chi connectivity index (χ1v) is 5.89. The molecule has 0 bridgehead atoms. The quantitative estimate of drug-likeness (QED) is 0.889. The summed E-state index contributed by atoms with van der Waals surface area (Å²) in [6, 6.07) is 0. The molecule has 1 aliphatic carbocycles. The molecular weight excluding hydrogens is 231 g/mol. The summed E-state index contributed by atoms with van der Waals surface area (Å²) in [6.45, 7) is 0.706. The van der Waals surface area contributed by atoms with Crippen LogP contribution in [0.5, 0.6) is 0 Å². The van der Waals surface area contributed by atoms with Crippen molar-refractivity contribution in [3.63, 3.8) is 0 Å². The Bertz CT molecular complexity index is 395. The summed E-state index contributed by atoms with van der Waals surface area (Å²) in [5.41, 5.74) is 6.75. The number of hydrogen-bond acceptors (Lipinski definition) is 2. The molecule has 1 aromatic heterocycles. The van der Waals surface area contributed by atoms with Crippen molar-refractivity contribution < 1.29 is 13.2 Å². The monoisotopic (exact) mass is 247 g/mol. The Morgan fingerprint density at radius 2 is 1.94 bits per heavy atom. The zero-order chi connectivity index (χ0) is 12.5. The summed E-state index contributed by atoms with van der Waals surface area (Å²) >= 11 is 0. The summed E-state index contributed by atoms with van der Waals surface area (Å²) in [6.07, 6.45) is -0.592. The van der Waals surface area contributed by atoms with Gasteiger partial charge in [0.2, 0.25) is 5.82 Å². The van der Waals surface area contributed by atoms with E-state index in [1.54, 1.807) is 0 Å². The van der Waals surface area contributed by atoms with Crippen molar-refractivity contribution in [2.24, 2.45) is 5.73 Å². The third kappa shape index (κ3) is 2.46. The van der Waals surface area contributed by atoms with Crippen LogP contribution < -0.4 is 5.73 Å². The second-order valence-electron chi connectivity index (χ2n) is 4.33. The fourth-order valence-electron chi connectivity index (χ4n) is 2.31. The average molecular weight is 247 g/mol. The molecule has 0 unspecified atom stereocenters. The molecule has 0 atom stereocenters. The van der Waals surface area contributed by atoms with Gasteiger partial charge in [0.15, 0.2) is 0 Å². The molecule has 0 amide bonds. The first kappa shape index (κ1) is 12.4. The standard InChI is InChI=1S/C11H16F3N3/c12-11(13,14)10-16-8-4-1-2-5-9(8)17(10)7-3-6-15/h1-7,15H2. The van der Waals surface area contributed by atoms with E-state index in [-0.39, 0.29) is 0 Å². The molecule has 1 heterocycles. The van der Waals surface area contributed by atoms with Gasteiger partial charge in [-0.2, -0.15) is 13.2 Å². The zero-order valence-electron chi connectivity index (χ0n) is 9.56. The lowest BCUT2D eigenvalue weighted by atomic mass is 10.0. The summed E-state index contributed by atoms with van der Waals surface area (Å²) in [5, 5.41) is 0. The van der Waals surface area contributed by atoms with E-state index in [9.17, 15) is 13.2 Å². The van der Waals surface area contributed by atoms with Gasteiger partial charge >= 0.3 is 6.18 Å². The minimum absolute atomic E-state index is 0.313. The van der Waals surface area contributed by atoms with Gasteiger partial charge in [0, 0.05) is 12.2 Å². The van der Waals surface area contributed by atoms with Crippen LogP contribution in [0.4, 0.5) is 13.2 Å². The van der Waals surface area contributed by atoms with Crippen LogP contribution in [0.3, 0.4) is 0 Å². The smallest absolute Gasteiger partial charge is 0.330 e. The number of fused-ring (bicyclic) bond motifs is 1. The average Bonchev–Trinajstić information content (AvgIpc) is 2.65. The number of halogens is 3. The summed E-state index contributed by atoms with van der Waals surface area (Å²) < 4.78 is 39.9. The van der Waals surface area contributed by atoms with Gasteiger partial charge in [0.1, 0.15) is 0 Å². The van der Waals surface area contributed by atoms with Crippen LogP contribution in [0.25, 0.3) is 0 Å². The van der Waals surface area contributed by atoms with Gasteiger partial charge in [-0.15, -0.1) is 0 Å². The van der Waals surface area contributed by atoms with Crippen molar-refractivity contribution in [1.29, 1.82) is 0 Å². The normalized spacial score (nSPS) is 16.0. The molecule has 0 radical (unpaired) electrons. The number of nitrogens with two attached hydrogens (primary N) is 1. The largest absolute Gasteiger partial charge is 0.449 e. The van der Waals surface area contributed by atoms with Crippen molar-refractivity contribution in [2.45, 2.75) is 44.8 Å². The molecule has 0 aliphatic heterocycles. The van der Waals surface area contributed by atoms with E-state index >= 15 is 0 Å². The predicted octanol–water partition coefficient (Wildman–Crippen LogP) is 2.13. The maximum absolute atomic E-state index is 12.8. The van der Waals surface area contributed by atoms with Crippen LogP contribution >= 0.6 is 0 Å². The highest BCUT2D eigenvalue weighted by Crippen LogP contribution is 2.33. The number of rotatable bonds is 3. The Morgan fingerprint density at radius 3 is 2.59 bits per heavy atom. The number of aromatic nitrogens is 2. The minimum Gasteiger partial charge on any atom is -0.330 e. The van der Waals surface area contributed by atoms with Crippen LogP contribution in [0.2, 0.25) is 0 Å². The lowest BCUT2D eigenvalue weighted by Gasteiger charge is -2.15. The van der Waals surface area contributed by atoms with Gasteiger partial charge in [0.05, 0.1) is 5.69 Å². The Morgan fingerprint density at radius 1 is 1.24 bits per heavy atom. The molecular formula is C11H16F3N3. The van der Waals surface area contributed by atoms with Crippen LogP contribution in [0.1, 0.15) is 36.5 Å². The van der Waals surface area contributed by atoms with E-state index < -0.39 is 12.0 Å². The van der Waals surface area contributed by atoms with Crippen LogP contribution in [-0.2, 0) is 25.6 Å². The predicted molar refractivity (Wildman–Crippen MR) is 57.5 cm³/mol. The second-order valence-corrected chi connectivity index (χ2v) is 4.33. The molecule has 3 nitrogen and oxygen atoms in total. The molecule has 96 valence electrons. The van der Waals surface area contributed by atoms with Crippen molar-refractivity contribution in [1.82, 2.24) is 9.55 Å². The Hall–Kier alpha value is -1.04. The maximum Gasteiger partial charge on any atom is 0.449 e. The molecule has 0 saturated heterocycles. The second kappa shape index (κ2) is 4.68. The van der Waals surface area contributed by atoms with E-state index in [4.69, 9.17) is 5.73 Å². The first-order valence-electron chi connectivity index (χ1n) is 5.89. The molecule has 1 aliphatic rings. The van der Waals surface area contributed by atoms with Crippen molar-refractivity contribution in [3.05, 3.63) is 17.2 Å². The minimum atomic E-state index is -4.37. The van der Waals surface area contributed by atoms with Crippen LogP contribution in [-0.4, -0.2) is 16.1 Å². The van der Waals surface area contributed by atoms with Crippen molar-refractivity contribution in [3.8, 4) is 0 Å². The molecule has 0 fully saturated rings. The molecule has 2 rings (SSSR count). The number of aryl methyl sites for hydroxylation is 1. The van der Waals surface area contributed by atoms with Crippen LogP contribution in [0, 0.1) is 0 Å². The van der Waals surface area contributed by atoms with E-state index in [0.717, 1.165) is 18.5 Å². The lowest BCUT2D eigenvalue weighted by Crippen LogP contribution is -2.18. The van der Waals surface area contributed by atoms with Crippen molar-refractivity contribution >= 4 is 0 Å². The number of alkyl halides is 3. The molecule has 6 heteroatoms. The van der Waals surface area contributed by atoms with Gasteiger partial charge in [-0.3, -0.25) is 0 Å². The van der Waals surface area contributed by atoms with E-state index in [2.05, 4.69) is 4.98 Å². The van der Waals surface area contributed by atoms with Crippen molar-refractivity contribution in [2.75, 3.05) is 6.54 Å². The third-order valence-electron chi connectivity index (χ3n) is 3.07. The molecule has 2 N–H and O–H groups in total. The van der Waals surface area contributed by atoms with Gasteiger partial charge in [-0.1, -0.05) is 0 Å². The summed E-state index contributed by atoms with van der Waals surface area (Å²) in [7, 11) is 0. The SMILES string of the molecule is NCCCn1c(C(F)(F)F)nc2c1CCCC2. The van der Waals surface area contributed by atoms with E-state index in [1.807, 2.05) is 0 Å². The fraction of sp³-hybridized carbons (Fsp3) is 0.727. The highest BCUT2D eigenvalue weighted by molar-refractivity contribution is 5.21. The number of nitrogens with zero attached hydrogens (tertiary/aromatic N) is 2. The number of imidazole rings is 1. The van der Waals surface area contributed by atoms with Gasteiger partial charge < -0.3 is 10.3 Å². The summed E-state index contributed by atoms with van der Waals surface area (Å²) in [5.74, 6) is -0.752. The lowest BCUT2D eigenvalue weighted by molar-refractivity contribution is -0.147. The fourth-order valence-corrected chi connectivity index (χ4v) is 2.31. The Labute approximate surface area is 97.8 Å². The third-order valence-corrected chi connectivity index (χ3v) is 3.07. The number of hydrogen-bond donors (Lipinski definition) is 1. The molecule has 0 aromatic carbocycles. The Balaban J connectivity index is 2.39. The van der Waals surface area contributed by atoms with Gasteiger partial charge in [0.25, 0.3) is 0 Å². The molecule has 17 heavy (non-hydrogen) atoms. The molecule has 0 spiro atoms.